The minimum Gasteiger partial charge on any atom is -0.491 e. The highest BCUT2D eigenvalue weighted by Gasteiger charge is 2.06. The lowest BCUT2D eigenvalue weighted by Gasteiger charge is -2.11. The lowest BCUT2D eigenvalue weighted by Crippen LogP contribution is -2.26. The second kappa shape index (κ2) is 9.26. The van der Waals surface area contributed by atoms with E-state index < -0.39 is 0 Å². The third kappa shape index (κ3) is 6.61. The predicted octanol–water partition coefficient (Wildman–Crippen LogP) is 4.38. The predicted molar refractivity (Wildman–Crippen MR) is 103 cm³/mol. The van der Waals surface area contributed by atoms with E-state index in [-0.39, 0.29) is 12.0 Å². The molecule has 0 aromatic heterocycles. The smallest absolute Gasteiger partial charge is 0.224 e. The third-order valence-electron chi connectivity index (χ3n) is 4.08. The van der Waals surface area contributed by atoms with E-state index >= 15 is 0 Å². The van der Waals surface area contributed by atoms with Gasteiger partial charge in [-0.05, 0) is 69.4 Å². The molecule has 0 atom stereocenters. The van der Waals surface area contributed by atoms with Crippen molar-refractivity contribution in [3.05, 3.63) is 64.7 Å². The maximum absolute atomic E-state index is 12.1. The Kier molecular flexibility index (Phi) is 7.05. The van der Waals surface area contributed by atoms with E-state index in [1.807, 2.05) is 32.0 Å². The van der Waals surface area contributed by atoms with Gasteiger partial charge in [0.25, 0.3) is 0 Å². The summed E-state index contributed by atoms with van der Waals surface area (Å²) in [5.74, 6) is 0.996. The number of hydrogen-bond acceptors (Lipinski definition) is 2. The van der Waals surface area contributed by atoms with Gasteiger partial charge in [0.2, 0.25) is 5.91 Å². The van der Waals surface area contributed by atoms with Crippen molar-refractivity contribution in [3.63, 3.8) is 0 Å². The quantitative estimate of drug-likeness (QED) is 0.725. The topological polar surface area (TPSA) is 38.3 Å². The molecule has 2 rings (SSSR count). The average Bonchev–Trinajstić information content (AvgIpc) is 2.54. The molecule has 0 aliphatic heterocycles. The molecular formula is C22H29NO2. The first kappa shape index (κ1) is 19.0. The largest absolute Gasteiger partial charge is 0.491 e. The Balaban J connectivity index is 1.74. The van der Waals surface area contributed by atoms with Gasteiger partial charge < -0.3 is 10.1 Å². The number of amides is 1. The van der Waals surface area contributed by atoms with Crippen LogP contribution in [0.5, 0.6) is 5.75 Å². The molecule has 0 saturated heterocycles. The Morgan fingerprint density at radius 3 is 2.64 bits per heavy atom. The average molecular weight is 339 g/mol. The Morgan fingerprint density at radius 2 is 1.92 bits per heavy atom. The van der Waals surface area contributed by atoms with Crippen LogP contribution in [-0.4, -0.2) is 18.6 Å². The van der Waals surface area contributed by atoms with Crippen molar-refractivity contribution in [2.45, 2.75) is 53.1 Å². The summed E-state index contributed by atoms with van der Waals surface area (Å²) in [5.41, 5.74) is 4.74. The number of carbonyl (C=O) groups excluding carboxylic acids is 1. The highest BCUT2D eigenvalue weighted by Crippen LogP contribution is 2.16. The van der Waals surface area contributed by atoms with Crippen LogP contribution in [0.4, 0.5) is 0 Å². The molecule has 0 aliphatic carbocycles. The maximum Gasteiger partial charge on any atom is 0.224 e. The van der Waals surface area contributed by atoms with Crippen molar-refractivity contribution in [1.29, 1.82) is 0 Å². The molecule has 0 unspecified atom stereocenters. The molecule has 2 aromatic rings. The first-order valence-electron chi connectivity index (χ1n) is 9.02. The molecule has 2 aromatic carbocycles. The van der Waals surface area contributed by atoms with Crippen LogP contribution in [0.15, 0.2) is 42.5 Å². The van der Waals surface area contributed by atoms with Gasteiger partial charge in [0.15, 0.2) is 0 Å². The molecule has 1 N–H and O–H groups in total. The number of nitrogens with one attached hydrogen (secondary N) is 1. The van der Waals surface area contributed by atoms with Crippen molar-refractivity contribution in [2.24, 2.45) is 0 Å². The van der Waals surface area contributed by atoms with Gasteiger partial charge in [-0.3, -0.25) is 4.79 Å². The Hall–Kier alpha value is -2.29. The minimum absolute atomic E-state index is 0.0869. The van der Waals surface area contributed by atoms with Gasteiger partial charge in [-0.15, -0.1) is 0 Å². The summed E-state index contributed by atoms with van der Waals surface area (Å²) in [6.45, 7) is 8.87. The van der Waals surface area contributed by atoms with E-state index in [1.165, 1.54) is 16.7 Å². The molecule has 0 saturated carbocycles. The SMILES string of the molecule is Cc1ccc(CC(=O)NCCCc2cccc(OC(C)C)c2)c(C)c1. The molecule has 3 nitrogen and oxygen atoms in total. The van der Waals surface area contributed by atoms with Crippen LogP contribution in [0.2, 0.25) is 0 Å². The first-order chi connectivity index (χ1) is 11.9. The maximum atomic E-state index is 12.1. The van der Waals surface area contributed by atoms with E-state index in [9.17, 15) is 4.79 Å². The molecule has 134 valence electrons. The van der Waals surface area contributed by atoms with Crippen LogP contribution in [0.1, 0.15) is 42.5 Å². The summed E-state index contributed by atoms with van der Waals surface area (Å²) < 4.78 is 5.72. The fourth-order valence-electron chi connectivity index (χ4n) is 2.85. The molecule has 0 aliphatic rings. The van der Waals surface area contributed by atoms with E-state index in [1.54, 1.807) is 0 Å². The third-order valence-corrected chi connectivity index (χ3v) is 4.08. The second-order valence-corrected chi connectivity index (χ2v) is 6.87. The van der Waals surface area contributed by atoms with Crippen LogP contribution in [0.25, 0.3) is 0 Å². The summed E-state index contributed by atoms with van der Waals surface area (Å²) in [7, 11) is 0. The number of rotatable bonds is 8. The Bertz CT molecular complexity index is 707. The molecule has 0 fully saturated rings. The molecule has 25 heavy (non-hydrogen) atoms. The van der Waals surface area contributed by atoms with E-state index in [2.05, 4.69) is 43.4 Å². The Morgan fingerprint density at radius 1 is 1.12 bits per heavy atom. The van der Waals surface area contributed by atoms with Crippen LogP contribution < -0.4 is 10.1 Å². The van der Waals surface area contributed by atoms with Gasteiger partial charge in [-0.25, -0.2) is 0 Å². The van der Waals surface area contributed by atoms with Crippen molar-refractivity contribution < 1.29 is 9.53 Å². The number of benzene rings is 2. The molecule has 3 heteroatoms. The van der Waals surface area contributed by atoms with Gasteiger partial charge in [-0.1, -0.05) is 35.9 Å². The van der Waals surface area contributed by atoms with E-state index in [0.29, 0.717) is 13.0 Å². The van der Waals surface area contributed by atoms with Crippen LogP contribution in [0, 0.1) is 13.8 Å². The van der Waals surface area contributed by atoms with Crippen LogP contribution in [-0.2, 0) is 17.6 Å². The van der Waals surface area contributed by atoms with Gasteiger partial charge in [-0.2, -0.15) is 0 Å². The zero-order valence-electron chi connectivity index (χ0n) is 15.8. The van der Waals surface area contributed by atoms with Crippen LogP contribution >= 0.6 is 0 Å². The van der Waals surface area contributed by atoms with Gasteiger partial charge in [0.1, 0.15) is 5.75 Å². The fourth-order valence-corrected chi connectivity index (χ4v) is 2.85. The van der Waals surface area contributed by atoms with E-state index in [0.717, 1.165) is 24.2 Å². The standard InChI is InChI=1S/C22H29NO2/c1-16(2)25-21-9-5-7-19(14-21)8-6-12-23-22(24)15-20-11-10-17(3)13-18(20)4/h5,7,9-11,13-14,16H,6,8,12,15H2,1-4H3,(H,23,24). The number of ether oxygens (including phenoxy) is 1. The first-order valence-corrected chi connectivity index (χ1v) is 9.02. The zero-order valence-corrected chi connectivity index (χ0v) is 15.8. The summed E-state index contributed by atoms with van der Waals surface area (Å²) >= 11 is 0. The summed E-state index contributed by atoms with van der Waals surface area (Å²) in [5, 5.41) is 3.02. The molecule has 1 amide bonds. The van der Waals surface area contributed by atoms with Gasteiger partial charge in [0.05, 0.1) is 12.5 Å². The number of aryl methyl sites for hydroxylation is 3. The zero-order chi connectivity index (χ0) is 18.2. The number of hydrogen-bond donors (Lipinski definition) is 1. The molecule has 0 heterocycles. The van der Waals surface area contributed by atoms with Crippen molar-refractivity contribution >= 4 is 5.91 Å². The summed E-state index contributed by atoms with van der Waals surface area (Å²) in [6.07, 6.45) is 2.48. The van der Waals surface area contributed by atoms with Crippen molar-refractivity contribution in [3.8, 4) is 5.75 Å². The lowest BCUT2D eigenvalue weighted by atomic mass is 10.0. The summed E-state index contributed by atoms with van der Waals surface area (Å²) in [4.78, 5) is 12.1. The molecule has 0 radical (unpaired) electrons. The van der Waals surface area contributed by atoms with Gasteiger partial charge >= 0.3 is 0 Å². The molecule has 0 bridgehead atoms. The highest BCUT2D eigenvalue weighted by molar-refractivity contribution is 5.78. The van der Waals surface area contributed by atoms with Crippen molar-refractivity contribution in [1.82, 2.24) is 5.32 Å². The normalized spacial score (nSPS) is 10.8. The van der Waals surface area contributed by atoms with Crippen molar-refractivity contribution in [2.75, 3.05) is 6.54 Å². The molecule has 0 spiro atoms. The van der Waals surface area contributed by atoms with Gasteiger partial charge in [0, 0.05) is 6.54 Å². The monoisotopic (exact) mass is 339 g/mol. The Labute approximate surface area is 151 Å². The second-order valence-electron chi connectivity index (χ2n) is 6.87. The summed E-state index contributed by atoms with van der Waals surface area (Å²) in [6, 6.07) is 14.4. The fraction of sp³-hybridized carbons (Fsp3) is 0.409. The highest BCUT2D eigenvalue weighted by atomic mass is 16.5. The van der Waals surface area contributed by atoms with E-state index in [4.69, 9.17) is 4.74 Å². The lowest BCUT2D eigenvalue weighted by molar-refractivity contribution is -0.120. The van der Waals surface area contributed by atoms with Crippen LogP contribution in [0.3, 0.4) is 0 Å². The number of carbonyl (C=O) groups is 1. The minimum atomic E-state index is 0.0869. The molecular weight excluding hydrogens is 310 g/mol.